The van der Waals surface area contributed by atoms with Gasteiger partial charge in [0.15, 0.2) is 0 Å². The Bertz CT molecular complexity index is 508. The Balaban J connectivity index is 2.11. The van der Waals surface area contributed by atoms with Gasteiger partial charge in [0.2, 0.25) is 11.9 Å². The molecule has 0 amide bonds. The normalized spacial score (nSPS) is 18.9. The fourth-order valence-electron chi connectivity index (χ4n) is 1.48. The first-order valence-corrected chi connectivity index (χ1v) is 6.12. The van der Waals surface area contributed by atoms with E-state index >= 15 is 0 Å². The van der Waals surface area contributed by atoms with Crippen molar-refractivity contribution in [2.24, 2.45) is 0 Å². The molecule has 18 heavy (non-hydrogen) atoms. The second kappa shape index (κ2) is 5.14. The van der Waals surface area contributed by atoms with Gasteiger partial charge in [0, 0.05) is 5.75 Å². The number of carboxylic acid groups (broad SMARTS) is 1. The van der Waals surface area contributed by atoms with Crippen LogP contribution in [0.15, 0.2) is 41.0 Å². The Labute approximate surface area is 107 Å². The van der Waals surface area contributed by atoms with Gasteiger partial charge in [0.05, 0.1) is 4.91 Å². The van der Waals surface area contributed by atoms with Crippen LogP contribution in [-0.2, 0) is 20.1 Å². The van der Waals surface area contributed by atoms with E-state index in [1.54, 1.807) is 0 Å². The first-order chi connectivity index (χ1) is 8.59. The summed E-state index contributed by atoms with van der Waals surface area (Å²) in [7, 11) is 0. The second-order valence-electron chi connectivity index (χ2n) is 3.61. The van der Waals surface area contributed by atoms with Gasteiger partial charge in [-0.25, -0.2) is 9.59 Å². The largest absolute Gasteiger partial charge is 0.501 e. The quantitative estimate of drug-likeness (QED) is 0.807. The zero-order valence-electron chi connectivity index (χ0n) is 9.20. The number of hydrogen-bond donors (Lipinski definition) is 2. The number of esters is 1. The van der Waals surface area contributed by atoms with Crippen molar-refractivity contribution in [3.05, 3.63) is 46.6 Å². The lowest BCUT2D eigenvalue weighted by Crippen LogP contribution is -2.22. The molecule has 0 aromatic heterocycles. The van der Waals surface area contributed by atoms with E-state index in [1.807, 2.05) is 30.3 Å². The van der Waals surface area contributed by atoms with Crippen LogP contribution >= 0.6 is 11.8 Å². The van der Waals surface area contributed by atoms with E-state index < -0.39 is 23.8 Å². The van der Waals surface area contributed by atoms with Crippen LogP contribution in [0, 0.1) is 0 Å². The Hall–Kier alpha value is -1.95. The van der Waals surface area contributed by atoms with E-state index in [4.69, 9.17) is 5.11 Å². The van der Waals surface area contributed by atoms with Gasteiger partial charge in [-0.1, -0.05) is 30.3 Å². The van der Waals surface area contributed by atoms with Crippen LogP contribution in [0.3, 0.4) is 0 Å². The SMILES string of the molecule is O=C1OC(C(=O)O)C(SCc2ccccc2)=C1O. The molecule has 6 heteroatoms. The van der Waals surface area contributed by atoms with Crippen molar-refractivity contribution >= 4 is 23.7 Å². The number of cyclic esters (lactones) is 1. The fourth-order valence-corrected chi connectivity index (χ4v) is 2.52. The summed E-state index contributed by atoms with van der Waals surface area (Å²) in [6.07, 6.45) is -1.40. The topological polar surface area (TPSA) is 83.8 Å². The molecule has 1 atom stereocenters. The lowest BCUT2D eigenvalue weighted by atomic mass is 10.2. The number of rotatable bonds is 4. The summed E-state index contributed by atoms with van der Waals surface area (Å²) in [5.41, 5.74) is 0.964. The van der Waals surface area contributed by atoms with Gasteiger partial charge in [0.1, 0.15) is 0 Å². The van der Waals surface area contributed by atoms with Crippen molar-refractivity contribution in [3.63, 3.8) is 0 Å². The minimum atomic E-state index is -1.40. The van der Waals surface area contributed by atoms with E-state index in [1.165, 1.54) is 0 Å². The third-order valence-electron chi connectivity index (χ3n) is 2.35. The second-order valence-corrected chi connectivity index (χ2v) is 4.63. The van der Waals surface area contributed by atoms with Crippen LogP contribution in [0.4, 0.5) is 0 Å². The molecule has 1 aliphatic heterocycles. The maximum Gasteiger partial charge on any atom is 0.375 e. The molecule has 0 spiro atoms. The summed E-state index contributed by atoms with van der Waals surface area (Å²) < 4.78 is 4.55. The standard InChI is InChI=1S/C12H10O5S/c13-8-10(9(11(14)15)17-12(8)16)18-6-7-4-2-1-3-5-7/h1-5,9,13H,6H2,(H,14,15). The molecule has 1 heterocycles. The Kier molecular flexibility index (Phi) is 3.57. The van der Waals surface area contributed by atoms with Gasteiger partial charge in [-0.15, -0.1) is 11.8 Å². The highest BCUT2D eigenvalue weighted by Gasteiger charge is 2.39. The number of carbonyl (C=O) groups is 2. The number of carbonyl (C=O) groups excluding carboxylic acids is 1. The van der Waals surface area contributed by atoms with Crippen LogP contribution in [0.1, 0.15) is 5.56 Å². The molecular formula is C12H10O5S. The van der Waals surface area contributed by atoms with Gasteiger partial charge in [-0.3, -0.25) is 0 Å². The maximum atomic E-state index is 11.1. The highest BCUT2D eigenvalue weighted by molar-refractivity contribution is 8.02. The van der Waals surface area contributed by atoms with Crippen molar-refractivity contribution < 1.29 is 24.5 Å². The number of aliphatic carboxylic acids is 1. The van der Waals surface area contributed by atoms with E-state index in [-0.39, 0.29) is 4.91 Å². The lowest BCUT2D eigenvalue weighted by molar-refractivity contribution is -0.156. The Morgan fingerprint density at radius 1 is 1.33 bits per heavy atom. The maximum absolute atomic E-state index is 11.1. The molecule has 94 valence electrons. The van der Waals surface area contributed by atoms with Crippen LogP contribution < -0.4 is 0 Å². The van der Waals surface area contributed by atoms with E-state index in [0.717, 1.165) is 17.3 Å². The van der Waals surface area contributed by atoms with Gasteiger partial charge < -0.3 is 14.9 Å². The summed E-state index contributed by atoms with van der Waals surface area (Å²) in [6.45, 7) is 0. The van der Waals surface area contributed by atoms with Gasteiger partial charge >= 0.3 is 11.9 Å². The summed E-state index contributed by atoms with van der Waals surface area (Å²) in [5.74, 6) is -2.43. The zero-order chi connectivity index (χ0) is 13.1. The van der Waals surface area contributed by atoms with E-state index in [0.29, 0.717) is 5.75 Å². The van der Waals surface area contributed by atoms with E-state index in [9.17, 15) is 14.7 Å². The van der Waals surface area contributed by atoms with Crippen LogP contribution in [0.2, 0.25) is 0 Å². The number of benzene rings is 1. The van der Waals surface area contributed by atoms with Gasteiger partial charge in [-0.2, -0.15) is 0 Å². The predicted octanol–water partition coefficient (Wildman–Crippen LogP) is 1.70. The molecule has 1 aromatic carbocycles. The molecular weight excluding hydrogens is 256 g/mol. The molecule has 2 N–H and O–H groups in total. The molecule has 0 aliphatic carbocycles. The lowest BCUT2D eigenvalue weighted by Gasteiger charge is -2.08. The number of aliphatic hydroxyl groups excluding tert-OH is 1. The number of hydrogen-bond acceptors (Lipinski definition) is 5. The number of thioether (sulfide) groups is 1. The minimum Gasteiger partial charge on any atom is -0.501 e. The molecule has 0 bridgehead atoms. The fraction of sp³-hybridized carbons (Fsp3) is 0.167. The van der Waals surface area contributed by atoms with Crippen LogP contribution in [0.25, 0.3) is 0 Å². The first kappa shape index (κ1) is 12.5. The summed E-state index contributed by atoms with van der Waals surface area (Å²) in [6, 6.07) is 9.33. The predicted molar refractivity (Wildman–Crippen MR) is 64.9 cm³/mol. The monoisotopic (exact) mass is 266 g/mol. The average molecular weight is 266 g/mol. The van der Waals surface area contributed by atoms with Gasteiger partial charge in [0.25, 0.3) is 0 Å². The molecule has 5 nitrogen and oxygen atoms in total. The van der Waals surface area contributed by atoms with Crippen molar-refractivity contribution in [1.82, 2.24) is 0 Å². The Morgan fingerprint density at radius 2 is 2.00 bits per heavy atom. The van der Waals surface area contributed by atoms with Gasteiger partial charge in [-0.05, 0) is 5.56 Å². The molecule has 0 radical (unpaired) electrons. The average Bonchev–Trinajstić information content (AvgIpc) is 2.65. The highest BCUT2D eigenvalue weighted by atomic mass is 32.2. The zero-order valence-corrected chi connectivity index (χ0v) is 10.0. The van der Waals surface area contributed by atoms with Crippen molar-refractivity contribution in [3.8, 4) is 0 Å². The van der Waals surface area contributed by atoms with Crippen molar-refractivity contribution in [1.29, 1.82) is 0 Å². The summed E-state index contributed by atoms with van der Waals surface area (Å²) >= 11 is 1.09. The molecule has 1 aliphatic rings. The molecule has 0 saturated heterocycles. The molecule has 1 unspecified atom stereocenters. The number of ether oxygens (including phenoxy) is 1. The molecule has 0 saturated carbocycles. The smallest absolute Gasteiger partial charge is 0.375 e. The minimum absolute atomic E-state index is 0.0522. The summed E-state index contributed by atoms with van der Waals surface area (Å²) in [5, 5.41) is 18.4. The molecule has 2 rings (SSSR count). The Morgan fingerprint density at radius 3 is 2.61 bits per heavy atom. The number of carboxylic acids is 1. The first-order valence-electron chi connectivity index (χ1n) is 5.13. The van der Waals surface area contributed by atoms with E-state index in [2.05, 4.69) is 4.74 Å². The van der Waals surface area contributed by atoms with Crippen molar-refractivity contribution in [2.45, 2.75) is 11.9 Å². The van der Waals surface area contributed by atoms with Crippen LogP contribution in [0.5, 0.6) is 0 Å². The highest BCUT2D eigenvalue weighted by Crippen LogP contribution is 2.33. The van der Waals surface area contributed by atoms with Crippen LogP contribution in [-0.4, -0.2) is 28.3 Å². The van der Waals surface area contributed by atoms with Crippen molar-refractivity contribution in [2.75, 3.05) is 0 Å². The third-order valence-corrected chi connectivity index (χ3v) is 3.55. The summed E-state index contributed by atoms with van der Waals surface area (Å²) in [4.78, 5) is 22.0. The molecule has 1 aromatic rings. The third kappa shape index (κ3) is 2.48. The molecule has 0 fully saturated rings. The number of aliphatic hydroxyl groups is 1.